The van der Waals surface area contributed by atoms with Gasteiger partial charge in [-0.25, -0.2) is 0 Å². The highest BCUT2D eigenvalue weighted by molar-refractivity contribution is 7.98. The van der Waals surface area contributed by atoms with Crippen LogP contribution in [0.1, 0.15) is 24.5 Å². The number of hydrogen-bond donors (Lipinski definition) is 2. The number of carbonyl (C=O) groups is 1. The molecule has 2 aromatic rings. The first-order valence-corrected chi connectivity index (χ1v) is 11.9. The maximum Gasteiger partial charge on any atom is 0.320 e. The van der Waals surface area contributed by atoms with Crippen LogP contribution in [0.2, 0.25) is 15.1 Å². The van der Waals surface area contributed by atoms with E-state index in [1.807, 2.05) is 19.2 Å². The number of nitrogens with one attached hydrogen (secondary N) is 1. The van der Waals surface area contributed by atoms with Gasteiger partial charge < -0.3 is 19.9 Å². The number of carboxylic acids is 1. The van der Waals surface area contributed by atoms with Crippen LogP contribution in [0.3, 0.4) is 0 Å². The van der Waals surface area contributed by atoms with Crippen LogP contribution >= 0.6 is 46.6 Å². The van der Waals surface area contributed by atoms with E-state index in [0.717, 1.165) is 16.9 Å². The summed E-state index contributed by atoms with van der Waals surface area (Å²) >= 11 is 20.0. The molecule has 1 atom stereocenters. The normalized spacial score (nSPS) is 11.9. The van der Waals surface area contributed by atoms with Gasteiger partial charge >= 0.3 is 5.97 Å². The van der Waals surface area contributed by atoms with Gasteiger partial charge in [0.2, 0.25) is 0 Å². The molecule has 0 aliphatic heterocycles. The maximum absolute atomic E-state index is 11.4. The quantitative estimate of drug-likeness (QED) is 0.383. The number of halogens is 3. The van der Waals surface area contributed by atoms with Crippen molar-refractivity contribution in [3.05, 3.63) is 56.5 Å². The Hall–Kier alpha value is -1.31. The highest BCUT2D eigenvalue weighted by Crippen LogP contribution is 2.34. The number of ether oxygens (including phenoxy) is 2. The topological polar surface area (TPSA) is 67.8 Å². The Bertz CT molecular complexity index is 866. The van der Waals surface area contributed by atoms with E-state index in [4.69, 9.17) is 44.3 Å². The average molecular weight is 493 g/mol. The van der Waals surface area contributed by atoms with Crippen molar-refractivity contribution in [1.82, 2.24) is 5.32 Å². The van der Waals surface area contributed by atoms with Crippen molar-refractivity contribution in [2.75, 3.05) is 18.6 Å². The summed E-state index contributed by atoms with van der Waals surface area (Å²) in [6.07, 6.45) is 2.47. The summed E-state index contributed by atoms with van der Waals surface area (Å²) in [7, 11) is 0. The van der Waals surface area contributed by atoms with E-state index in [9.17, 15) is 9.90 Å². The SMILES string of the molecule is CCOc1cc(CNC(CCSC)C(=O)O)c(Cl)cc1OCc1ccc(Cl)c(Cl)c1. The molecule has 2 rings (SSSR count). The third-order valence-corrected chi connectivity index (χ3v) is 5.97. The number of thioether (sulfide) groups is 1. The Morgan fingerprint density at radius 1 is 1.10 bits per heavy atom. The lowest BCUT2D eigenvalue weighted by molar-refractivity contribution is -0.139. The molecule has 0 fully saturated rings. The minimum absolute atomic E-state index is 0.265. The van der Waals surface area contributed by atoms with Crippen LogP contribution in [-0.2, 0) is 17.9 Å². The lowest BCUT2D eigenvalue weighted by atomic mass is 10.1. The fraction of sp³-hybridized carbons (Fsp3) is 0.381. The van der Waals surface area contributed by atoms with Crippen LogP contribution in [0.15, 0.2) is 30.3 Å². The van der Waals surface area contributed by atoms with Gasteiger partial charge in [-0.1, -0.05) is 40.9 Å². The molecule has 2 N–H and O–H groups in total. The van der Waals surface area contributed by atoms with Crippen molar-refractivity contribution in [3.63, 3.8) is 0 Å². The molecule has 0 heterocycles. The van der Waals surface area contributed by atoms with E-state index in [1.165, 1.54) is 0 Å². The Balaban J connectivity index is 2.13. The van der Waals surface area contributed by atoms with Crippen LogP contribution in [0, 0.1) is 0 Å². The lowest BCUT2D eigenvalue weighted by Gasteiger charge is -2.17. The largest absolute Gasteiger partial charge is 0.490 e. The van der Waals surface area contributed by atoms with Crippen LogP contribution in [0.4, 0.5) is 0 Å². The molecular weight excluding hydrogens is 469 g/mol. The van der Waals surface area contributed by atoms with Gasteiger partial charge in [-0.2, -0.15) is 11.8 Å². The number of hydrogen-bond acceptors (Lipinski definition) is 5. The fourth-order valence-corrected chi connectivity index (χ4v) is 3.68. The minimum atomic E-state index is -0.883. The van der Waals surface area contributed by atoms with Crippen molar-refractivity contribution >= 4 is 52.5 Å². The second-order valence-corrected chi connectivity index (χ2v) is 8.62. The van der Waals surface area contributed by atoms with Crippen LogP contribution in [0.25, 0.3) is 0 Å². The number of rotatable bonds is 12. The Kier molecular flexibility index (Phi) is 10.4. The molecular formula is C21H24Cl3NO4S. The summed E-state index contributed by atoms with van der Waals surface area (Å²) in [5.74, 6) is 0.902. The molecule has 0 spiro atoms. The molecule has 0 aliphatic carbocycles. The number of benzene rings is 2. The Morgan fingerprint density at radius 3 is 2.47 bits per heavy atom. The van der Waals surface area contributed by atoms with E-state index < -0.39 is 12.0 Å². The smallest absolute Gasteiger partial charge is 0.320 e. The molecule has 0 saturated carbocycles. The third kappa shape index (κ3) is 7.43. The molecule has 0 aliphatic rings. The minimum Gasteiger partial charge on any atom is -0.490 e. The monoisotopic (exact) mass is 491 g/mol. The van der Waals surface area contributed by atoms with Gasteiger partial charge in [0, 0.05) is 17.6 Å². The van der Waals surface area contributed by atoms with Gasteiger partial charge in [-0.05, 0) is 54.7 Å². The summed E-state index contributed by atoms with van der Waals surface area (Å²) in [5, 5.41) is 13.8. The third-order valence-electron chi connectivity index (χ3n) is 4.24. The van der Waals surface area contributed by atoms with Gasteiger partial charge in [0.05, 0.1) is 16.7 Å². The summed E-state index contributed by atoms with van der Waals surface area (Å²) in [6.45, 7) is 2.89. The van der Waals surface area contributed by atoms with Crippen molar-refractivity contribution in [2.24, 2.45) is 0 Å². The molecule has 9 heteroatoms. The predicted octanol–water partition coefficient (Wildman–Crippen LogP) is 5.92. The van der Waals surface area contributed by atoms with Crippen LogP contribution in [0.5, 0.6) is 11.5 Å². The van der Waals surface area contributed by atoms with Crippen molar-refractivity contribution in [3.8, 4) is 11.5 Å². The highest BCUT2D eigenvalue weighted by Gasteiger charge is 2.18. The molecule has 0 aromatic heterocycles. The molecule has 0 radical (unpaired) electrons. The van der Waals surface area contributed by atoms with E-state index >= 15 is 0 Å². The second-order valence-electron chi connectivity index (χ2n) is 6.41. The van der Waals surface area contributed by atoms with Crippen LogP contribution in [-0.4, -0.2) is 35.7 Å². The first-order chi connectivity index (χ1) is 14.3. The van der Waals surface area contributed by atoms with Gasteiger partial charge in [0.15, 0.2) is 11.5 Å². The molecule has 0 amide bonds. The van der Waals surface area contributed by atoms with Crippen LogP contribution < -0.4 is 14.8 Å². The van der Waals surface area contributed by atoms with E-state index in [0.29, 0.717) is 46.1 Å². The van der Waals surface area contributed by atoms with E-state index in [2.05, 4.69) is 5.32 Å². The fourth-order valence-electron chi connectivity index (χ4n) is 2.67. The standard InChI is InChI=1S/C21H24Cl3NO4S/c1-3-28-19-9-14(11-25-18(21(26)27)6-7-30-2)16(23)10-20(19)29-12-13-4-5-15(22)17(24)8-13/h4-5,8-10,18,25H,3,6-7,11-12H2,1-2H3,(H,26,27). The van der Waals surface area contributed by atoms with Gasteiger partial charge in [0.1, 0.15) is 12.6 Å². The summed E-state index contributed by atoms with van der Waals surface area (Å²) < 4.78 is 11.6. The van der Waals surface area contributed by atoms with Crippen molar-refractivity contribution < 1.29 is 19.4 Å². The Morgan fingerprint density at radius 2 is 1.83 bits per heavy atom. The Labute approximate surface area is 196 Å². The molecule has 5 nitrogen and oxygen atoms in total. The maximum atomic E-state index is 11.4. The second kappa shape index (κ2) is 12.5. The van der Waals surface area contributed by atoms with Gasteiger partial charge in [-0.3, -0.25) is 4.79 Å². The summed E-state index contributed by atoms with van der Waals surface area (Å²) in [5.41, 5.74) is 1.59. The zero-order valence-electron chi connectivity index (χ0n) is 16.7. The van der Waals surface area contributed by atoms with E-state index in [1.54, 1.807) is 36.0 Å². The zero-order chi connectivity index (χ0) is 22.1. The van der Waals surface area contributed by atoms with Crippen molar-refractivity contribution in [2.45, 2.75) is 32.5 Å². The van der Waals surface area contributed by atoms with Gasteiger partial charge in [0.25, 0.3) is 0 Å². The summed E-state index contributed by atoms with van der Waals surface area (Å²) in [6, 6.07) is 8.09. The average Bonchev–Trinajstić information content (AvgIpc) is 2.71. The first kappa shape index (κ1) is 25.0. The number of carboxylic acid groups (broad SMARTS) is 1. The first-order valence-electron chi connectivity index (χ1n) is 9.32. The molecule has 0 saturated heterocycles. The van der Waals surface area contributed by atoms with E-state index in [-0.39, 0.29) is 6.61 Å². The zero-order valence-corrected chi connectivity index (χ0v) is 19.8. The number of aliphatic carboxylic acids is 1. The molecule has 1 unspecified atom stereocenters. The molecule has 0 bridgehead atoms. The summed E-state index contributed by atoms with van der Waals surface area (Å²) in [4.78, 5) is 11.4. The molecule has 30 heavy (non-hydrogen) atoms. The van der Waals surface area contributed by atoms with Crippen molar-refractivity contribution in [1.29, 1.82) is 0 Å². The molecule has 2 aromatic carbocycles. The molecule has 164 valence electrons. The predicted molar refractivity (Wildman–Crippen MR) is 125 cm³/mol. The highest BCUT2D eigenvalue weighted by atomic mass is 35.5. The van der Waals surface area contributed by atoms with Gasteiger partial charge in [-0.15, -0.1) is 0 Å². The lowest BCUT2D eigenvalue weighted by Crippen LogP contribution is -2.36.